The van der Waals surface area contributed by atoms with Gasteiger partial charge in [0, 0.05) is 31.6 Å². The monoisotopic (exact) mass is 437 g/mol. The van der Waals surface area contributed by atoms with Gasteiger partial charge in [0.05, 0.1) is 19.1 Å². The molecular formula is C25H31N3O4. The highest BCUT2D eigenvalue weighted by atomic mass is 16.5. The number of benzene rings is 2. The third-order valence-electron chi connectivity index (χ3n) is 5.72. The molecule has 2 unspecified atom stereocenters. The van der Waals surface area contributed by atoms with Crippen LogP contribution >= 0.6 is 0 Å². The van der Waals surface area contributed by atoms with E-state index in [2.05, 4.69) is 17.6 Å². The number of ether oxygens (including phenoxy) is 1. The fraction of sp³-hybridized carbons (Fsp3) is 0.400. The van der Waals surface area contributed by atoms with Gasteiger partial charge in [-0.15, -0.1) is 0 Å². The van der Waals surface area contributed by atoms with Gasteiger partial charge in [-0.3, -0.25) is 14.4 Å². The number of nitrogens with one attached hydrogen (secondary N) is 2. The largest absolute Gasteiger partial charge is 0.497 e. The number of nitrogens with zero attached hydrogens (tertiary/aromatic N) is 1. The lowest BCUT2D eigenvalue weighted by atomic mass is 9.92. The fourth-order valence-corrected chi connectivity index (χ4v) is 4.02. The zero-order valence-electron chi connectivity index (χ0n) is 18.7. The number of methoxy groups -OCH3 is 1. The number of amides is 3. The van der Waals surface area contributed by atoms with Crippen molar-refractivity contribution in [3.8, 4) is 5.75 Å². The SMILES string of the molecule is CCCCN1C(=O)CC(C(=O)NCCNC(=O)c2ccccc2)C1c1ccc(OC)cc1. The molecule has 2 aromatic carbocycles. The molecule has 2 aromatic rings. The molecule has 1 aliphatic heterocycles. The second kappa shape index (κ2) is 11.3. The summed E-state index contributed by atoms with van der Waals surface area (Å²) in [7, 11) is 1.61. The minimum atomic E-state index is -0.474. The zero-order chi connectivity index (χ0) is 22.9. The predicted molar refractivity (Wildman–Crippen MR) is 122 cm³/mol. The van der Waals surface area contributed by atoms with Crippen molar-refractivity contribution < 1.29 is 19.1 Å². The number of hydrogen-bond donors (Lipinski definition) is 2. The summed E-state index contributed by atoms with van der Waals surface area (Å²) in [5, 5.41) is 5.69. The Labute approximate surface area is 189 Å². The quantitative estimate of drug-likeness (QED) is 0.560. The molecule has 0 spiro atoms. The van der Waals surface area contributed by atoms with E-state index in [1.807, 2.05) is 35.2 Å². The van der Waals surface area contributed by atoms with E-state index in [-0.39, 0.29) is 30.2 Å². The summed E-state index contributed by atoms with van der Waals surface area (Å²) in [5.41, 5.74) is 1.50. The van der Waals surface area contributed by atoms with Crippen LogP contribution in [0.15, 0.2) is 54.6 Å². The van der Waals surface area contributed by atoms with Crippen LogP contribution in [0.3, 0.4) is 0 Å². The second-order valence-corrected chi connectivity index (χ2v) is 7.88. The van der Waals surface area contributed by atoms with Crippen LogP contribution in [0.5, 0.6) is 5.75 Å². The van der Waals surface area contributed by atoms with E-state index in [1.165, 1.54) is 0 Å². The van der Waals surface area contributed by atoms with Gasteiger partial charge in [0.2, 0.25) is 11.8 Å². The zero-order valence-corrected chi connectivity index (χ0v) is 18.7. The average molecular weight is 438 g/mol. The number of likely N-dealkylation sites (tertiary alicyclic amines) is 1. The van der Waals surface area contributed by atoms with Gasteiger partial charge in [-0.05, 0) is 36.2 Å². The Morgan fingerprint density at radius 1 is 1.03 bits per heavy atom. The molecule has 0 aliphatic carbocycles. The fourth-order valence-electron chi connectivity index (χ4n) is 4.02. The van der Waals surface area contributed by atoms with Crippen molar-refractivity contribution in [2.24, 2.45) is 5.92 Å². The number of rotatable bonds is 10. The van der Waals surface area contributed by atoms with Crippen LogP contribution in [0.25, 0.3) is 0 Å². The summed E-state index contributed by atoms with van der Waals surface area (Å²) in [6, 6.07) is 16.2. The molecule has 0 bridgehead atoms. The average Bonchev–Trinajstić information content (AvgIpc) is 3.16. The molecule has 170 valence electrons. The Balaban J connectivity index is 1.63. The standard InChI is InChI=1S/C25H31N3O4/c1-3-4-16-28-22(29)17-21(23(28)18-10-12-20(32-2)13-11-18)25(31)27-15-14-26-24(30)19-8-6-5-7-9-19/h5-13,21,23H,3-4,14-17H2,1-2H3,(H,26,30)(H,27,31). The van der Waals surface area contributed by atoms with Gasteiger partial charge >= 0.3 is 0 Å². The highest BCUT2D eigenvalue weighted by molar-refractivity contribution is 5.94. The highest BCUT2D eigenvalue weighted by Crippen LogP contribution is 2.39. The normalized spacial score (nSPS) is 17.8. The first-order valence-corrected chi connectivity index (χ1v) is 11.1. The van der Waals surface area contributed by atoms with E-state index in [1.54, 1.807) is 31.4 Å². The Morgan fingerprint density at radius 2 is 1.72 bits per heavy atom. The van der Waals surface area contributed by atoms with Crippen molar-refractivity contribution in [2.45, 2.75) is 32.2 Å². The summed E-state index contributed by atoms with van der Waals surface area (Å²) in [4.78, 5) is 39.7. The number of hydrogen-bond acceptors (Lipinski definition) is 4. The summed E-state index contributed by atoms with van der Waals surface area (Å²) < 4.78 is 5.24. The molecule has 0 radical (unpaired) electrons. The van der Waals surface area contributed by atoms with Gasteiger partial charge in [-0.2, -0.15) is 0 Å². The molecular weight excluding hydrogens is 406 g/mol. The van der Waals surface area contributed by atoms with Gasteiger partial charge in [0.25, 0.3) is 5.91 Å². The minimum absolute atomic E-state index is 0.00296. The van der Waals surface area contributed by atoms with Crippen LogP contribution in [-0.2, 0) is 9.59 Å². The van der Waals surface area contributed by atoms with Crippen LogP contribution in [0.2, 0.25) is 0 Å². The molecule has 3 amide bonds. The second-order valence-electron chi connectivity index (χ2n) is 7.88. The molecule has 2 atom stereocenters. The maximum Gasteiger partial charge on any atom is 0.251 e. The van der Waals surface area contributed by atoms with Gasteiger partial charge in [-0.25, -0.2) is 0 Å². The van der Waals surface area contributed by atoms with Crippen molar-refractivity contribution in [3.63, 3.8) is 0 Å². The molecule has 1 aliphatic rings. The first kappa shape index (κ1) is 23.3. The summed E-state index contributed by atoms with van der Waals surface area (Å²) in [5.74, 6) is -0.104. The maximum absolute atomic E-state index is 13.0. The third-order valence-corrected chi connectivity index (χ3v) is 5.72. The smallest absolute Gasteiger partial charge is 0.251 e. The lowest BCUT2D eigenvalue weighted by molar-refractivity contribution is -0.129. The summed E-state index contributed by atoms with van der Waals surface area (Å²) in [6.07, 6.45) is 2.04. The third kappa shape index (κ3) is 5.66. The summed E-state index contributed by atoms with van der Waals surface area (Å²) >= 11 is 0. The molecule has 2 N–H and O–H groups in total. The van der Waals surface area contributed by atoms with E-state index in [4.69, 9.17) is 4.74 Å². The minimum Gasteiger partial charge on any atom is -0.497 e. The van der Waals surface area contributed by atoms with Gasteiger partial charge in [-0.1, -0.05) is 43.7 Å². The van der Waals surface area contributed by atoms with Crippen molar-refractivity contribution in [3.05, 3.63) is 65.7 Å². The van der Waals surface area contributed by atoms with E-state index in [0.29, 0.717) is 25.2 Å². The number of carbonyl (C=O) groups excluding carboxylic acids is 3. The maximum atomic E-state index is 13.0. The highest BCUT2D eigenvalue weighted by Gasteiger charge is 2.44. The van der Waals surface area contributed by atoms with Crippen molar-refractivity contribution >= 4 is 17.7 Å². The molecule has 3 rings (SSSR count). The summed E-state index contributed by atoms with van der Waals surface area (Å²) in [6.45, 7) is 3.32. The molecule has 0 aromatic heterocycles. The molecule has 32 heavy (non-hydrogen) atoms. The molecule has 1 heterocycles. The molecule has 1 fully saturated rings. The topological polar surface area (TPSA) is 87.7 Å². The van der Waals surface area contributed by atoms with Crippen LogP contribution < -0.4 is 15.4 Å². The first-order valence-electron chi connectivity index (χ1n) is 11.1. The predicted octanol–water partition coefficient (Wildman–Crippen LogP) is 2.93. The van der Waals surface area contributed by atoms with E-state index < -0.39 is 5.92 Å². The lowest BCUT2D eigenvalue weighted by Gasteiger charge is -2.28. The molecule has 7 heteroatoms. The van der Waals surface area contributed by atoms with Crippen LogP contribution in [0.4, 0.5) is 0 Å². The Morgan fingerprint density at radius 3 is 2.38 bits per heavy atom. The van der Waals surface area contributed by atoms with E-state index in [0.717, 1.165) is 24.2 Å². The van der Waals surface area contributed by atoms with Crippen molar-refractivity contribution in [1.29, 1.82) is 0 Å². The first-order chi connectivity index (χ1) is 15.5. The Kier molecular flexibility index (Phi) is 8.25. The Bertz CT molecular complexity index is 915. The van der Waals surface area contributed by atoms with Crippen molar-refractivity contribution in [2.75, 3.05) is 26.7 Å². The van der Waals surface area contributed by atoms with E-state index >= 15 is 0 Å². The van der Waals surface area contributed by atoms with Gasteiger partial charge in [0.1, 0.15) is 5.75 Å². The molecule has 0 saturated carbocycles. The Hall–Kier alpha value is -3.35. The molecule has 1 saturated heterocycles. The van der Waals surface area contributed by atoms with E-state index in [9.17, 15) is 14.4 Å². The van der Waals surface area contributed by atoms with Crippen LogP contribution in [-0.4, -0.2) is 49.4 Å². The van der Waals surface area contributed by atoms with Crippen LogP contribution in [0, 0.1) is 5.92 Å². The van der Waals surface area contributed by atoms with Crippen LogP contribution in [0.1, 0.15) is 48.1 Å². The van der Waals surface area contributed by atoms with Gasteiger partial charge in [0.15, 0.2) is 0 Å². The lowest BCUT2D eigenvalue weighted by Crippen LogP contribution is -2.39. The number of unbranched alkanes of at least 4 members (excludes halogenated alkanes) is 1. The van der Waals surface area contributed by atoms with Crippen molar-refractivity contribution in [1.82, 2.24) is 15.5 Å². The molecule has 7 nitrogen and oxygen atoms in total. The number of carbonyl (C=O) groups is 3. The van der Waals surface area contributed by atoms with Gasteiger partial charge < -0.3 is 20.3 Å².